The van der Waals surface area contributed by atoms with E-state index in [1.165, 1.54) is 11.5 Å². The summed E-state index contributed by atoms with van der Waals surface area (Å²) in [5.74, 6) is 1.65. The smallest absolute Gasteiger partial charge is 0.164 e. The predicted octanol–water partition coefficient (Wildman–Crippen LogP) is 3.22. The van der Waals surface area contributed by atoms with Crippen molar-refractivity contribution in [2.45, 2.75) is 25.4 Å². The van der Waals surface area contributed by atoms with Crippen LogP contribution in [0.1, 0.15) is 24.2 Å². The van der Waals surface area contributed by atoms with E-state index in [0.717, 1.165) is 59.5 Å². The molecule has 8 heteroatoms. The van der Waals surface area contributed by atoms with Gasteiger partial charge in [-0.05, 0) is 42.2 Å². The van der Waals surface area contributed by atoms with Crippen molar-refractivity contribution in [2.75, 3.05) is 18.0 Å². The molecule has 1 spiro atoms. The lowest BCUT2D eigenvalue weighted by molar-refractivity contribution is -0.0483. The number of nitrogens with zero attached hydrogens (tertiary/aromatic N) is 5. The average Bonchev–Trinajstić information content (AvgIpc) is 3.36. The van der Waals surface area contributed by atoms with E-state index in [4.69, 9.17) is 4.84 Å². The number of hydroxylamine groups is 1. The highest BCUT2D eigenvalue weighted by atomic mass is 32.1. The highest BCUT2D eigenvalue weighted by molar-refractivity contribution is 7.09. The fraction of sp³-hybridized carbons (Fsp3) is 0.300. The van der Waals surface area contributed by atoms with Crippen LogP contribution < -0.4 is 10.4 Å². The molecule has 1 aromatic carbocycles. The first-order valence-corrected chi connectivity index (χ1v) is 10.1. The fourth-order valence-electron chi connectivity index (χ4n) is 3.61. The second-order valence-electron chi connectivity index (χ2n) is 7.10. The number of nitrogens with one attached hydrogen (secondary N) is 1. The van der Waals surface area contributed by atoms with Crippen LogP contribution in [0.25, 0.3) is 16.4 Å². The Kier molecular flexibility index (Phi) is 4.29. The molecule has 7 nitrogen and oxygen atoms in total. The van der Waals surface area contributed by atoms with Crippen molar-refractivity contribution >= 4 is 23.0 Å². The quantitative estimate of drug-likeness (QED) is 0.733. The zero-order valence-corrected chi connectivity index (χ0v) is 16.3. The van der Waals surface area contributed by atoms with Crippen LogP contribution in [0.4, 0.5) is 5.82 Å². The highest BCUT2D eigenvalue weighted by Gasteiger charge is 2.39. The van der Waals surface area contributed by atoms with Crippen molar-refractivity contribution < 1.29 is 4.84 Å². The highest BCUT2D eigenvalue weighted by Crippen LogP contribution is 2.35. The minimum atomic E-state index is -0.251. The van der Waals surface area contributed by atoms with E-state index in [9.17, 15) is 0 Å². The van der Waals surface area contributed by atoms with Gasteiger partial charge < -0.3 is 4.90 Å². The van der Waals surface area contributed by atoms with Gasteiger partial charge in [-0.3, -0.25) is 10.3 Å². The number of aromatic nitrogens is 4. The minimum Gasteiger partial charge on any atom is -0.355 e. The van der Waals surface area contributed by atoms with E-state index in [0.29, 0.717) is 0 Å². The molecule has 3 aromatic rings. The first kappa shape index (κ1) is 17.3. The molecule has 2 aromatic heterocycles. The number of hydrogen-bond acceptors (Lipinski definition) is 8. The number of piperidine rings is 1. The lowest BCUT2D eigenvalue weighted by atomic mass is 9.90. The minimum absolute atomic E-state index is 0.251. The van der Waals surface area contributed by atoms with Gasteiger partial charge in [-0.25, -0.2) is 4.98 Å². The molecule has 2 aliphatic rings. The Bertz CT molecular complexity index is 993. The van der Waals surface area contributed by atoms with Crippen molar-refractivity contribution in [3.05, 3.63) is 59.9 Å². The summed E-state index contributed by atoms with van der Waals surface area (Å²) in [6, 6.07) is 14.3. The van der Waals surface area contributed by atoms with Crippen molar-refractivity contribution in [2.24, 2.45) is 0 Å². The van der Waals surface area contributed by atoms with Gasteiger partial charge in [-0.2, -0.15) is 4.37 Å². The molecule has 0 saturated carbocycles. The second kappa shape index (κ2) is 6.96. The van der Waals surface area contributed by atoms with Gasteiger partial charge in [0, 0.05) is 25.9 Å². The molecule has 1 saturated heterocycles. The summed E-state index contributed by atoms with van der Waals surface area (Å²) in [6.45, 7) is 3.61. The lowest BCUT2D eigenvalue weighted by Crippen LogP contribution is -2.44. The molecule has 1 fully saturated rings. The largest absolute Gasteiger partial charge is 0.355 e. The standard InChI is InChI=1S/C20H20N6OS/c1-14-21-19(28-25-14)16-7-8-18(23-22-16)26-11-9-20(10-12-26)13-17(24-27-20)15-5-3-2-4-6-15/h2-8,13,24H,9-12H2,1H3. The van der Waals surface area contributed by atoms with E-state index in [-0.39, 0.29) is 5.60 Å². The number of rotatable bonds is 3. The number of aryl methyl sites for hydroxylation is 1. The summed E-state index contributed by atoms with van der Waals surface area (Å²) >= 11 is 1.35. The van der Waals surface area contributed by atoms with E-state index in [1.54, 1.807) is 0 Å². The maximum atomic E-state index is 5.99. The molecule has 1 N–H and O–H groups in total. The third-order valence-corrected chi connectivity index (χ3v) is 6.02. The molecule has 0 amide bonds. The topological polar surface area (TPSA) is 76.1 Å². The molecule has 5 rings (SSSR count). The third kappa shape index (κ3) is 3.25. The monoisotopic (exact) mass is 392 g/mol. The first-order valence-electron chi connectivity index (χ1n) is 9.32. The van der Waals surface area contributed by atoms with Crippen LogP contribution in [0, 0.1) is 6.92 Å². The zero-order chi connectivity index (χ0) is 19.0. The molecule has 0 atom stereocenters. The summed E-state index contributed by atoms with van der Waals surface area (Å²) in [4.78, 5) is 12.6. The van der Waals surface area contributed by atoms with Crippen LogP contribution in [0.3, 0.4) is 0 Å². The Hall–Kier alpha value is -2.84. The SMILES string of the molecule is Cc1nsc(-c2ccc(N3CCC4(C=C(c5ccccc5)NO4)CC3)nn2)n1. The normalized spacial score (nSPS) is 18.2. The third-order valence-electron chi connectivity index (χ3n) is 5.19. The maximum absolute atomic E-state index is 5.99. The molecule has 142 valence electrons. The number of anilines is 1. The van der Waals surface area contributed by atoms with Crippen molar-refractivity contribution in [1.82, 2.24) is 25.0 Å². The van der Waals surface area contributed by atoms with Crippen LogP contribution in [0.5, 0.6) is 0 Å². The van der Waals surface area contributed by atoms with Gasteiger partial charge in [0.25, 0.3) is 0 Å². The van der Waals surface area contributed by atoms with E-state index in [2.05, 4.69) is 48.1 Å². The fourth-order valence-corrected chi connectivity index (χ4v) is 4.24. The summed E-state index contributed by atoms with van der Waals surface area (Å²) in [5.41, 5.74) is 5.83. The Balaban J connectivity index is 1.27. The predicted molar refractivity (Wildman–Crippen MR) is 108 cm³/mol. The Morgan fingerprint density at radius 3 is 2.57 bits per heavy atom. The van der Waals surface area contributed by atoms with Crippen molar-refractivity contribution in [3.8, 4) is 10.7 Å². The molecular weight excluding hydrogens is 372 g/mol. The van der Waals surface area contributed by atoms with Gasteiger partial charge in [0.1, 0.15) is 17.1 Å². The van der Waals surface area contributed by atoms with Crippen molar-refractivity contribution in [3.63, 3.8) is 0 Å². The molecule has 0 aliphatic carbocycles. The van der Waals surface area contributed by atoms with Gasteiger partial charge in [0.2, 0.25) is 0 Å². The summed E-state index contributed by atoms with van der Waals surface area (Å²) in [7, 11) is 0. The Morgan fingerprint density at radius 1 is 1.07 bits per heavy atom. The first-order chi connectivity index (χ1) is 13.7. The van der Waals surface area contributed by atoms with Gasteiger partial charge >= 0.3 is 0 Å². The van der Waals surface area contributed by atoms with Crippen LogP contribution >= 0.6 is 11.5 Å². The summed E-state index contributed by atoms with van der Waals surface area (Å²) < 4.78 is 4.20. The Labute approximate surface area is 167 Å². The summed E-state index contributed by atoms with van der Waals surface area (Å²) in [6.07, 6.45) is 4.02. The molecule has 0 bridgehead atoms. The van der Waals surface area contributed by atoms with E-state index in [1.807, 2.05) is 37.3 Å². The van der Waals surface area contributed by atoms with Crippen LogP contribution in [-0.2, 0) is 4.84 Å². The van der Waals surface area contributed by atoms with Crippen LogP contribution in [-0.4, -0.2) is 38.2 Å². The molecule has 0 unspecified atom stereocenters. The van der Waals surface area contributed by atoms with Crippen molar-refractivity contribution in [1.29, 1.82) is 0 Å². The van der Waals surface area contributed by atoms with Crippen LogP contribution in [0.15, 0.2) is 48.5 Å². The molecule has 28 heavy (non-hydrogen) atoms. The molecular formula is C20H20N6OS. The number of benzene rings is 1. The van der Waals surface area contributed by atoms with Gasteiger partial charge in [-0.15, -0.1) is 10.2 Å². The van der Waals surface area contributed by atoms with Gasteiger partial charge in [-0.1, -0.05) is 30.3 Å². The van der Waals surface area contributed by atoms with Crippen LogP contribution in [0.2, 0.25) is 0 Å². The Morgan fingerprint density at radius 2 is 1.89 bits per heavy atom. The lowest BCUT2D eigenvalue weighted by Gasteiger charge is -2.37. The molecule has 0 radical (unpaired) electrons. The summed E-state index contributed by atoms with van der Waals surface area (Å²) in [5, 5.41) is 9.55. The zero-order valence-electron chi connectivity index (χ0n) is 15.5. The second-order valence-corrected chi connectivity index (χ2v) is 7.86. The average molecular weight is 392 g/mol. The van der Waals surface area contributed by atoms with Gasteiger partial charge in [0.15, 0.2) is 10.8 Å². The number of hydrogen-bond donors (Lipinski definition) is 1. The maximum Gasteiger partial charge on any atom is 0.164 e. The molecule has 2 aliphatic heterocycles. The van der Waals surface area contributed by atoms with E-state index < -0.39 is 0 Å². The van der Waals surface area contributed by atoms with Gasteiger partial charge in [0.05, 0.1) is 5.70 Å². The molecule has 4 heterocycles. The van der Waals surface area contributed by atoms with E-state index >= 15 is 0 Å².